The minimum absolute atomic E-state index is 0.224. The van der Waals surface area contributed by atoms with Crippen LogP contribution in [-0.4, -0.2) is 35.0 Å². The van der Waals surface area contributed by atoms with Crippen molar-refractivity contribution in [2.24, 2.45) is 29.6 Å². The van der Waals surface area contributed by atoms with E-state index in [0.717, 1.165) is 6.54 Å². The molecule has 1 heterocycles. The minimum atomic E-state index is -0.752. The van der Waals surface area contributed by atoms with Crippen LogP contribution in [0.4, 0.5) is 0 Å². The Hall–Kier alpha value is -1.06. The van der Waals surface area contributed by atoms with Crippen molar-refractivity contribution in [2.45, 2.75) is 39.0 Å². The summed E-state index contributed by atoms with van der Waals surface area (Å²) in [5.41, 5.74) is 0. The van der Waals surface area contributed by atoms with Gasteiger partial charge < -0.3 is 10.0 Å². The topological polar surface area (TPSA) is 57.6 Å². The van der Waals surface area contributed by atoms with Gasteiger partial charge in [-0.2, -0.15) is 0 Å². The van der Waals surface area contributed by atoms with E-state index in [4.69, 9.17) is 0 Å². The maximum Gasteiger partial charge on any atom is 0.308 e. The number of hydrogen-bond donors (Lipinski definition) is 1. The van der Waals surface area contributed by atoms with Crippen LogP contribution in [-0.2, 0) is 9.59 Å². The number of carbonyl (C=O) groups is 2. The summed E-state index contributed by atoms with van der Waals surface area (Å²) < 4.78 is 0. The van der Waals surface area contributed by atoms with Gasteiger partial charge in [-0.25, -0.2) is 0 Å². The second-order valence-corrected chi connectivity index (χ2v) is 6.76. The molecule has 3 aliphatic rings. The molecule has 1 saturated heterocycles. The van der Waals surface area contributed by atoms with E-state index in [-0.39, 0.29) is 17.7 Å². The molecule has 0 aromatic heterocycles. The smallest absolute Gasteiger partial charge is 0.308 e. The molecule has 2 aliphatic carbocycles. The van der Waals surface area contributed by atoms with Gasteiger partial charge in [0.25, 0.3) is 0 Å². The summed E-state index contributed by atoms with van der Waals surface area (Å²) in [5, 5.41) is 9.18. The zero-order chi connectivity index (χ0) is 13.6. The van der Waals surface area contributed by atoms with E-state index < -0.39 is 5.97 Å². The van der Waals surface area contributed by atoms with Crippen LogP contribution in [0.15, 0.2) is 0 Å². The molecule has 0 spiro atoms. The first-order chi connectivity index (χ1) is 9.08. The van der Waals surface area contributed by atoms with Crippen molar-refractivity contribution in [1.82, 2.24) is 4.90 Å². The number of likely N-dealkylation sites (tertiary alicyclic amines) is 1. The van der Waals surface area contributed by atoms with Gasteiger partial charge in [-0.05, 0) is 37.0 Å². The standard InChI is InChI=1S/C15H23NO3/c1-9-6-10(15(18)19)8-16(7-9)14(17)13-11-4-2-3-5-12(11)13/h9-13H,2-8H2,1H3,(H,18,19). The molecule has 3 fully saturated rings. The van der Waals surface area contributed by atoms with Gasteiger partial charge >= 0.3 is 5.97 Å². The molecule has 19 heavy (non-hydrogen) atoms. The second-order valence-electron chi connectivity index (χ2n) is 6.76. The first-order valence-electron chi connectivity index (χ1n) is 7.59. The molecule has 1 amide bonds. The van der Waals surface area contributed by atoms with Crippen LogP contribution in [0.5, 0.6) is 0 Å². The highest BCUT2D eigenvalue weighted by Crippen LogP contribution is 2.56. The molecular weight excluding hydrogens is 242 g/mol. The van der Waals surface area contributed by atoms with Crippen LogP contribution in [0.2, 0.25) is 0 Å². The molecule has 1 N–H and O–H groups in total. The van der Waals surface area contributed by atoms with Crippen LogP contribution in [0.3, 0.4) is 0 Å². The number of fused-ring (bicyclic) bond motifs is 1. The van der Waals surface area contributed by atoms with Gasteiger partial charge in [-0.15, -0.1) is 0 Å². The van der Waals surface area contributed by atoms with Crippen LogP contribution < -0.4 is 0 Å². The quantitative estimate of drug-likeness (QED) is 0.830. The molecule has 4 atom stereocenters. The monoisotopic (exact) mass is 265 g/mol. The Labute approximate surface area is 114 Å². The van der Waals surface area contributed by atoms with Crippen molar-refractivity contribution >= 4 is 11.9 Å². The molecular formula is C15H23NO3. The molecule has 2 saturated carbocycles. The molecule has 0 aromatic rings. The van der Waals surface area contributed by atoms with Gasteiger partial charge in [0.05, 0.1) is 5.92 Å². The van der Waals surface area contributed by atoms with Crippen LogP contribution in [0, 0.1) is 29.6 Å². The fraction of sp³-hybridized carbons (Fsp3) is 0.867. The summed E-state index contributed by atoms with van der Waals surface area (Å²) in [6.07, 6.45) is 5.63. The van der Waals surface area contributed by atoms with E-state index in [2.05, 4.69) is 6.92 Å². The summed E-state index contributed by atoms with van der Waals surface area (Å²) in [6.45, 7) is 3.22. The third kappa shape index (κ3) is 2.37. The first-order valence-corrected chi connectivity index (χ1v) is 7.59. The lowest BCUT2D eigenvalue weighted by Gasteiger charge is -2.35. The molecule has 4 nitrogen and oxygen atoms in total. The number of hydrogen-bond acceptors (Lipinski definition) is 2. The average molecular weight is 265 g/mol. The predicted octanol–water partition coefficient (Wildman–Crippen LogP) is 1.99. The largest absolute Gasteiger partial charge is 0.481 e. The minimum Gasteiger partial charge on any atom is -0.481 e. The molecule has 1 aliphatic heterocycles. The second kappa shape index (κ2) is 4.80. The highest BCUT2D eigenvalue weighted by molar-refractivity contribution is 5.83. The first kappa shape index (κ1) is 12.9. The van der Waals surface area contributed by atoms with Gasteiger partial charge in [0.2, 0.25) is 5.91 Å². The molecule has 4 heteroatoms. The normalized spacial score (nSPS) is 41.5. The Bertz CT molecular complexity index is 383. The zero-order valence-electron chi connectivity index (χ0n) is 11.5. The van der Waals surface area contributed by atoms with Crippen LogP contribution in [0.25, 0.3) is 0 Å². The summed E-state index contributed by atoms with van der Waals surface area (Å²) in [4.78, 5) is 25.6. The summed E-state index contributed by atoms with van der Waals surface area (Å²) in [7, 11) is 0. The lowest BCUT2D eigenvalue weighted by atomic mass is 9.90. The van der Waals surface area contributed by atoms with Crippen LogP contribution >= 0.6 is 0 Å². The van der Waals surface area contributed by atoms with Gasteiger partial charge in [0.15, 0.2) is 0 Å². The molecule has 0 radical (unpaired) electrons. The van der Waals surface area contributed by atoms with Crippen molar-refractivity contribution in [3.05, 3.63) is 0 Å². The highest BCUT2D eigenvalue weighted by Gasteiger charge is 2.56. The van der Waals surface area contributed by atoms with Crippen molar-refractivity contribution in [3.8, 4) is 0 Å². The van der Waals surface area contributed by atoms with E-state index >= 15 is 0 Å². The number of amides is 1. The number of nitrogens with zero attached hydrogens (tertiary/aromatic N) is 1. The molecule has 106 valence electrons. The van der Waals surface area contributed by atoms with Gasteiger partial charge in [-0.1, -0.05) is 19.8 Å². The van der Waals surface area contributed by atoms with E-state index in [0.29, 0.717) is 30.7 Å². The number of piperidine rings is 1. The Morgan fingerprint density at radius 2 is 1.74 bits per heavy atom. The summed E-state index contributed by atoms with van der Waals surface area (Å²) in [6, 6.07) is 0. The third-order valence-corrected chi connectivity index (χ3v) is 5.26. The highest BCUT2D eigenvalue weighted by atomic mass is 16.4. The van der Waals surface area contributed by atoms with E-state index in [1.165, 1.54) is 25.7 Å². The number of carbonyl (C=O) groups excluding carboxylic acids is 1. The predicted molar refractivity (Wildman–Crippen MR) is 70.4 cm³/mol. The lowest BCUT2D eigenvalue weighted by Crippen LogP contribution is -2.46. The Kier molecular flexibility index (Phi) is 3.27. The zero-order valence-corrected chi connectivity index (χ0v) is 11.5. The van der Waals surface area contributed by atoms with Crippen molar-refractivity contribution in [1.29, 1.82) is 0 Å². The van der Waals surface area contributed by atoms with E-state index in [1.54, 1.807) is 0 Å². The van der Waals surface area contributed by atoms with E-state index in [9.17, 15) is 14.7 Å². The summed E-state index contributed by atoms with van der Waals surface area (Å²) in [5.74, 6) is 0.881. The van der Waals surface area contributed by atoms with Gasteiger partial charge in [-0.3, -0.25) is 9.59 Å². The SMILES string of the molecule is CC1CC(C(=O)O)CN(C(=O)C2C3CCCCC32)C1. The number of aliphatic carboxylic acids is 1. The molecule has 3 rings (SSSR count). The Morgan fingerprint density at radius 3 is 2.32 bits per heavy atom. The van der Waals surface area contributed by atoms with E-state index in [1.807, 2.05) is 4.90 Å². The van der Waals surface area contributed by atoms with Gasteiger partial charge in [0, 0.05) is 19.0 Å². The molecule has 4 unspecified atom stereocenters. The number of carboxylic acid groups (broad SMARTS) is 1. The van der Waals surface area contributed by atoms with Crippen LogP contribution in [0.1, 0.15) is 39.0 Å². The number of rotatable bonds is 2. The Balaban J connectivity index is 1.65. The number of carboxylic acids is 1. The summed E-state index contributed by atoms with van der Waals surface area (Å²) >= 11 is 0. The fourth-order valence-corrected chi connectivity index (χ4v) is 4.28. The average Bonchev–Trinajstić information content (AvgIpc) is 3.11. The van der Waals surface area contributed by atoms with Crippen molar-refractivity contribution in [2.75, 3.05) is 13.1 Å². The molecule has 0 bridgehead atoms. The fourth-order valence-electron chi connectivity index (χ4n) is 4.28. The maximum absolute atomic E-state index is 12.6. The van der Waals surface area contributed by atoms with Gasteiger partial charge in [0.1, 0.15) is 0 Å². The third-order valence-electron chi connectivity index (χ3n) is 5.26. The van der Waals surface area contributed by atoms with Crippen molar-refractivity contribution < 1.29 is 14.7 Å². The lowest BCUT2D eigenvalue weighted by molar-refractivity contribution is -0.147. The molecule has 0 aromatic carbocycles. The Morgan fingerprint density at radius 1 is 1.11 bits per heavy atom. The van der Waals surface area contributed by atoms with Crippen molar-refractivity contribution in [3.63, 3.8) is 0 Å². The maximum atomic E-state index is 12.6.